The van der Waals surface area contributed by atoms with Crippen molar-refractivity contribution >= 4 is 0 Å². The van der Waals surface area contributed by atoms with Gasteiger partial charge in [-0.3, -0.25) is 0 Å². The lowest BCUT2D eigenvalue weighted by Crippen LogP contribution is -2.23. The maximum atomic E-state index is 4.15. The van der Waals surface area contributed by atoms with Crippen LogP contribution in [0.4, 0.5) is 0 Å². The van der Waals surface area contributed by atoms with Gasteiger partial charge < -0.3 is 5.32 Å². The van der Waals surface area contributed by atoms with E-state index in [0.717, 1.165) is 25.2 Å². The molecule has 1 aromatic carbocycles. The summed E-state index contributed by atoms with van der Waals surface area (Å²) in [6.45, 7) is 7.26. The van der Waals surface area contributed by atoms with Crippen molar-refractivity contribution in [3.8, 4) is 0 Å². The van der Waals surface area contributed by atoms with Crippen LogP contribution in [-0.4, -0.2) is 26.8 Å². The number of hydrogen-bond donors (Lipinski definition) is 1. The standard InChI is InChI=1S/C15H23N5/c1-4-16-13(3)15-17-18-19-20(15)12(2)10-11-14-8-6-5-7-9-14/h5-9,12-13,16H,4,10-11H2,1-3H3. The Labute approximate surface area is 120 Å². The molecule has 5 nitrogen and oxygen atoms in total. The molecule has 1 N–H and O–H groups in total. The summed E-state index contributed by atoms with van der Waals surface area (Å²) in [4.78, 5) is 0. The molecule has 2 rings (SSSR count). The number of nitrogens with one attached hydrogen (secondary N) is 1. The lowest BCUT2D eigenvalue weighted by Gasteiger charge is -2.17. The van der Waals surface area contributed by atoms with Gasteiger partial charge in [0.1, 0.15) is 0 Å². The largest absolute Gasteiger partial charge is 0.308 e. The number of benzene rings is 1. The van der Waals surface area contributed by atoms with Crippen LogP contribution in [0.5, 0.6) is 0 Å². The Bertz CT molecular complexity index is 508. The molecule has 2 unspecified atom stereocenters. The molecule has 2 aromatic rings. The van der Waals surface area contributed by atoms with Gasteiger partial charge in [0.25, 0.3) is 0 Å². The molecule has 0 fully saturated rings. The Hall–Kier alpha value is -1.75. The first-order valence-corrected chi connectivity index (χ1v) is 7.27. The zero-order valence-corrected chi connectivity index (χ0v) is 12.5. The Morgan fingerprint density at radius 2 is 1.95 bits per heavy atom. The molecular formula is C15H23N5. The molecular weight excluding hydrogens is 250 g/mol. The lowest BCUT2D eigenvalue weighted by atomic mass is 10.1. The van der Waals surface area contributed by atoms with Crippen molar-refractivity contribution in [2.75, 3.05) is 6.54 Å². The Balaban J connectivity index is 1.99. The van der Waals surface area contributed by atoms with Crippen molar-refractivity contribution in [2.45, 2.75) is 45.7 Å². The zero-order chi connectivity index (χ0) is 14.4. The fraction of sp³-hybridized carbons (Fsp3) is 0.533. The SMILES string of the molecule is CCNC(C)c1nnnn1C(C)CCc1ccccc1. The van der Waals surface area contributed by atoms with E-state index in [1.165, 1.54) is 5.56 Å². The van der Waals surface area contributed by atoms with Gasteiger partial charge in [0, 0.05) is 0 Å². The van der Waals surface area contributed by atoms with Crippen LogP contribution in [0, 0.1) is 0 Å². The maximum absolute atomic E-state index is 4.15. The van der Waals surface area contributed by atoms with Crippen LogP contribution in [0.25, 0.3) is 0 Å². The number of tetrazole rings is 1. The normalized spacial score (nSPS) is 14.2. The van der Waals surface area contributed by atoms with E-state index in [1.807, 2.05) is 10.7 Å². The molecule has 0 spiro atoms. The minimum Gasteiger partial charge on any atom is -0.308 e. The number of aromatic nitrogens is 4. The van der Waals surface area contributed by atoms with Gasteiger partial charge in [-0.05, 0) is 49.2 Å². The van der Waals surface area contributed by atoms with Crippen LogP contribution in [-0.2, 0) is 6.42 Å². The highest BCUT2D eigenvalue weighted by Gasteiger charge is 2.17. The third kappa shape index (κ3) is 3.63. The minimum absolute atomic E-state index is 0.175. The van der Waals surface area contributed by atoms with Crippen molar-refractivity contribution < 1.29 is 0 Å². The summed E-state index contributed by atoms with van der Waals surface area (Å²) in [6, 6.07) is 11.0. The first-order chi connectivity index (χ1) is 9.72. The highest BCUT2D eigenvalue weighted by atomic mass is 15.6. The second kappa shape index (κ2) is 7.14. The van der Waals surface area contributed by atoms with Gasteiger partial charge in [0.2, 0.25) is 0 Å². The maximum Gasteiger partial charge on any atom is 0.168 e. The van der Waals surface area contributed by atoms with Crippen molar-refractivity contribution in [3.63, 3.8) is 0 Å². The Kier molecular flexibility index (Phi) is 5.24. The molecule has 2 atom stereocenters. The number of nitrogens with zero attached hydrogens (tertiary/aromatic N) is 4. The second-order valence-corrected chi connectivity index (χ2v) is 5.13. The van der Waals surface area contributed by atoms with Crippen molar-refractivity contribution in [3.05, 3.63) is 41.7 Å². The number of hydrogen-bond acceptors (Lipinski definition) is 4. The molecule has 0 aliphatic rings. The van der Waals surface area contributed by atoms with Gasteiger partial charge in [0.05, 0.1) is 12.1 Å². The van der Waals surface area contributed by atoms with E-state index in [1.54, 1.807) is 0 Å². The summed E-state index contributed by atoms with van der Waals surface area (Å²) >= 11 is 0. The summed E-state index contributed by atoms with van der Waals surface area (Å²) in [5, 5.41) is 15.5. The molecule has 108 valence electrons. The topological polar surface area (TPSA) is 55.6 Å². The van der Waals surface area contributed by atoms with Gasteiger partial charge in [0.15, 0.2) is 5.82 Å². The van der Waals surface area contributed by atoms with Crippen LogP contribution in [0.1, 0.15) is 50.7 Å². The van der Waals surface area contributed by atoms with Crippen LogP contribution >= 0.6 is 0 Å². The first-order valence-electron chi connectivity index (χ1n) is 7.27. The Morgan fingerprint density at radius 3 is 2.65 bits per heavy atom. The van der Waals surface area contributed by atoms with Gasteiger partial charge in [-0.2, -0.15) is 0 Å². The monoisotopic (exact) mass is 273 g/mol. The minimum atomic E-state index is 0.175. The van der Waals surface area contributed by atoms with E-state index < -0.39 is 0 Å². The highest BCUT2D eigenvalue weighted by molar-refractivity contribution is 5.14. The van der Waals surface area contributed by atoms with Crippen molar-refractivity contribution in [1.29, 1.82) is 0 Å². The zero-order valence-electron chi connectivity index (χ0n) is 12.5. The third-order valence-electron chi connectivity index (χ3n) is 3.53. The fourth-order valence-corrected chi connectivity index (χ4v) is 2.34. The number of rotatable bonds is 7. The van der Waals surface area contributed by atoms with E-state index in [0.29, 0.717) is 6.04 Å². The van der Waals surface area contributed by atoms with Crippen molar-refractivity contribution in [2.24, 2.45) is 0 Å². The van der Waals surface area contributed by atoms with Crippen LogP contribution < -0.4 is 5.32 Å². The molecule has 0 aliphatic heterocycles. The van der Waals surface area contributed by atoms with Gasteiger partial charge in [-0.25, -0.2) is 4.68 Å². The fourth-order valence-electron chi connectivity index (χ4n) is 2.34. The van der Waals surface area contributed by atoms with Crippen LogP contribution in [0.2, 0.25) is 0 Å². The predicted molar refractivity (Wildman–Crippen MR) is 79.4 cm³/mol. The molecule has 0 radical (unpaired) electrons. The van der Waals surface area contributed by atoms with Crippen molar-refractivity contribution in [1.82, 2.24) is 25.5 Å². The molecule has 0 saturated carbocycles. The second-order valence-electron chi connectivity index (χ2n) is 5.13. The van der Waals surface area contributed by atoms with Gasteiger partial charge >= 0.3 is 0 Å². The third-order valence-corrected chi connectivity index (χ3v) is 3.53. The predicted octanol–water partition coefficient (Wildman–Crippen LogP) is 2.54. The van der Waals surface area contributed by atoms with E-state index in [9.17, 15) is 0 Å². The molecule has 20 heavy (non-hydrogen) atoms. The molecule has 1 aromatic heterocycles. The average Bonchev–Trinajstić information content (AvgIpc) is 2.96. The quantitative estimate of drug-likeness (QED) is 0.842. The molecule has 5 heteroatoms. The lowest BCUT2D eigenvalue weighted by molar-refractivity contribution is 0.410. The summed E-state index contributed by atoms with van der Waals surface area (Å²) in [5.41, 5.74) is 1.36. The molecule has 1 heterocycles. The van der Waals surface area contributed by atoms with Gasteiger partial charge in [-0.15, -0.1) is 5.10 Å². The summed E-state index contributed by atoms with van der Waals surface area (Å²) in [7, 11) is 0. The van der Waals surface area contributed by atoms with E-state index in [2.05, 4.69) is 65.9 Å². The highest BCUT2D eigenvalue weighted by Crippen LogP contribution is 2.18. The number of aryl methyl sites for hydroxylation is 1. The van der Waals surface area contributed by atoms with E-state index in [-0.39, 0.29) is 6.04 Å². The van der Waals surface area contributed by atoms with E-state index >= 15 is 0 Å². The summed E-state index contributed by atoms with van der Waals surface area (Å²) in [6.07, 6.45) is 2.07. The molecule has 0 aliphatic carbocycles. The summed E-state index contributed by atoms with van der Waals surface area (Å²) in [5.74, 6) is 0.910. The molecule has 0 saturated heterocycles. The Morgan fingerprint density at radius 1 is 1.20 bits per heavy atom. The van der Waals surface area contributed by atoms with Crippen LogP contribution in [0.15, 0.2) is 30.3 Å². The smallest absolute Gasteiger partial charge is 0.168 e. The van der Waals surface area contributed by atoms with E-state index in [4.69, 9.17) is 0 Å². The van der Waals surface area contributed by atoms with Gasteiger partial charge in [-0.1, -0.05) is 37.3 Å². The first kappa shape index (κ1) is 14.7. The molecule has 0 amide bonds. The van der Waals surface area contributed by atoms with Crippen LogP contribution in [0.3, 0.4) is 0 Å². The summed E-state index contributed by atoms with van der Waals surface area (Å²) < 4.78 is 1.94. The molecule has 0 bridgehead atoms. The average molecular weight is 273 g/mol.